The van der Waals surface area contributed by atoms with E-state index in [1.165, 1.54) is 0 Å². The van der Waals surface area contributed by atoms with Gasteiger partial charge in [-0.2, -0.15) is 0 Å². The Morgan fingerprint density at radius 1 is 1.50 bits per heavy atom. The van der Waals surface area contributed by atoms with Gasteiger partial charge in [-0.05, 0) is 51.6 Å². The van der Waals surface area contributed by atoms with Crippen LogP contribution >= 0.6 is 11.6 Å². The van der Waals surface area contributed by atoms with Crippen LogP contribution in [-0.4, -0.2) is 30.4 Å². The second-order valence-corrected chi connectivity index (χ2v) is 5.56. The molecule has 0 spiro atoms. The van der Waals surface area contributed by atoms with Gasteiger partial charge in [0.2, 0.25) is 5.91 Å². The fourth-order valence-electron chi connectivity index (χ4n) is 1.88. The summed E-state index contributed by atoms with van der Waals surface area (Å²) in [6.45, 7) is 5.27. The summed E-state index contributed by atoms with van der Waals surface area (Å²) in [5.74, 6) is -0.0171. The van der Waals surface area contributed by atoms with Crippen LogP contribution in [0.3, 0.4) is 0 Å². The molecule has 20 heavy (non-hydrogen) atoms. The Balaban J connectivity index is 2.37. The Labute approximate surface area is 126 Å². The van der Waals surface area contributed by atoms with Gasteiger partial charge < -0.3 is 16.0 Å². The van der Waals surface area contributed by atoms with E-state index in [1.807, 2.05) is 0 Å². The number of amides is 1. The minimum absolute atomic E-state index is 0.0171. The molecular formula is C15H24ClN3O. The molecule has 0 aliphatic heterocycles. The van der Waals surface area contributed by atoms with Crippen LogP contribution in [0.5, 0.6) is 0 Å². The first-order valence-corrected chi connectivity index (χ1v) is 7.37. The Bertz CT molecular complexity index is 451. The smallest absolute Gasteiger partial charge is 0.224 e. The van der Waals surface area contributed by atoms with Gasteiger partial charge in [0.15, 0.2) is 0 Å². The highest BCUT2D eigenvalue weighted by atomic mass is 35.5. The van der Waals surface area contributed by atoms with Crippen molar-refractivity contribution in [2.75, 3.05) is 24.6 Å². The van der Waals surface area contributed by atoms with Gasteiger partial charge in [0.25, 0.3) is 0 Å². The van der Waals surface area contributed by atoms with Gasteiger partial charge in [0.05, 0.1) is 11.4 Å². The fourth-order valence-corrected chi connectivity index (χ4v) is 2.06. The molecule has 112 valence electrons. The van der Waals surface area contributed by atoms with Crippen LogP contribution in [0.2, 0.25) is 5.02 Å². The minimum Gasteiger partial charge on any atom is -0.397 e. The predicted molar refractivity (Wildman–Crippen MR) is 86.1 cm³/mol. The first-order valence-electron chi connectivity index (χ1n) is 6.99. The molecule has 0 aromatic heterocycles. The van der Waals surface area contributed by atoms with E-state index in [0.29, 0.717) is 28.9 Å². The first-order chi connectivity index (χ1) is 9.43. The van der Waals surface area contributed by atoms with Crippen LogP contribution in [0.4, 0.5) is 11.4 Å². The number of benzene rings is 1. The maximum atomic E-state index is 11.9. The molecule has 4 nitrogen and oxygen atoms in total. The molecule has 1 rings (SSSR count). The third-order valence-corrected chi connectivity index (χ3v) is 3.78. The van der Waals surface area contributed by atoms with E-state index >= 15 is 0 Å². The van der Waals surface area contributed by atoms with Crippen LogP contribution < -0.4 is 11.1 Å². The summed E-state index contributed by atoms with van der Waals surface area (Å²) in [6.07, 6.45) is 2.44. The van der Waals surface area contributed by atoms with E-state index in [0.717, 1.165) is 19.4 Å². The standard InChI is InChI=1S/C15H24ClN3O/c1-4-11(2)19(3)9-5-6-15(20)18-14-8-7-12(16)10-13(14)17/h7-8,10-11H,4-6,9,17H2,1-3H3,(H,18,20). The molecule has 1 aromatic carbocycles. The third-order valence-electron chi connectivity index (χ3n) is 3.55. The summed E-state index contributed by atoms with van der Waals surface area (Å²) in [5.41, 5.74) is 6.91. The molecule has 0 aliphatic carbocycles. The molecule has 0 fully saturated rings. The molecular weight excluding hydrogens is 274 g/mol. The number of hydrogen-bond acceptors (Lipinski definition) is 3. The molecule has 3 N–H and O–H groups in total. The van der Waals surface area contributed by atoms with Crippen molar-refractivity contribution in [3.8, 4) is 0 Å². The predicted octanol–water partition coefficient (Wildman–Crippen LogP) is 3.37. The molecule has 1 unspecified atom stereocenters. The van der Waals surface area contributed by atoms with Crippen molar-refractivity contribution < 1.29 is 4.79 Å². The number of nitrogens with one attached hydrogen (secondary N) is 1. The summed E-state index contributed by atoms with van der Waals surface area (Å²) < 4.78 is 0. The average Bonchev–Trinajstić information content (AvgIpc) is 2.41. The summed E-state index contributed by atoms with van der Waals surface area (Å²) in [4.78, 5) is 14.1. The van der Waals surface area contributed by atoms with Crippen molar-refractivity contribution in [2.24, 2.45) is 0 Å². The Morgan fingerprint density at radius 2 is 2.20 bits per heavy atom. The maximum absolute atomic E-state index is 11.9. The first kappa shape index (κ1) is 16.8. The molecule has 1 aromatic rings. The Kier molecular flexibility index (Phi) is 6.82. The number of nitrogens with two attached hydrogens (primary N) is 1. The molecule has 0 aliphatic rings. The van der Waals surface area contributed by atoms with Crippen molar-refractivity contribution in [1.29, 1.82) is 0 Å². The van der Waals surface area contributed by atoms with Crippen LogP contribution in [-0.2, 0) is 4.79 Å². The number of halogens is 1. The number of hydrogen-bond donors (Lipinski definition) is 2. The average molecular weight is 298 g/mol. The lowest BCUT2D eigenvalue weighted by molar-refractivity contribution is -0.116. The number of carbonyl (C=O) groups excluding carboxylic acids is 1. The van der Waals surface area contributed by atoms with Gasteiger partial charge in [-0.15, -0.1) is 0 Å². The Hall–Kier alpha value is -1.26. The van der Waals surface area contributed by atoms with Crippen LogP contribution in [0.25, 0.3) is 0 Å². The van der Waals surface area contributed by atoms with Crippen molar-refractivity contribution >= 4 is 28.9 Å². The Morgan fingerprint density at radius 3 is 2.80 bits per heavy atom. The van der Waals surface area contributed by atoms with E-state index in [-0.39, 0.29) is 5.91 Å². The van der Waals surface area contributed by atoms with Crippen LogP contribution in [0, 0.1) is 0 Å². The van der Waals surface area contributed by atoms with Gasteiger partial charge in [-0.1, -0.05) is 18.5 Å². The zero-order valence-electron chi connectivity index (χ0n) is 12.4. The minimum atomic E-state index is -0.0171. The van der Waals surface area contributed by atoms with Gasteiger partial charge in [0.1, 0.15) is 0 Å². The SMILES string of the molecule is CCC(C)N(C)CCCC(=O)Nc1ccc(Cl)cc1N. The second kappa shape index (κ2) is 8.12. The summed E-state index contributed by atoms with van der Waals surface area (Å²) >= 11 is 5.82. The highest BCUT2D eigenvalue weighted by Crippen LogP contribution is 2.22. The van der Waals surface area contributed by atoms with Crippen molar-refractivity contribution in [1.82, 2.24) is 4.90 Å². The number of rotatable bonds is 7. The molecule has 0 bridgehead atoms. The molecule has 1 amide bonds. The number of nitrogens with zero attached hydrogens (tertiary/aromatic N) is 1. The second-order valence-electron chi connectivity index (χ2n) is 5.12. The quantitative estimate of drug-likeness (QED) is 0.759. The normalized spacial score (nSPS) is 12.4. The highest BCUT2D eigenvalue weighted by Gasteiger charge is 2.09. The zero-order chi connectivity index (χ0) is 15.1. The van der Waals surface area contributed by atoms with E-state index in [2.05, 4.69) is 31.1 Å². The lowest BCUT2D eigenvalue weighted by atomic mass is 10.2. The molecule has 0 saturated heterocycles. The number of nitrogen functional groups attached to an aromatic ring is 1. The third kappa shape index (κ3) is 5.39. The van der Waals surface area contributed by atoms with E-state index in [9.17, 15) is 4.79 Å². The largest absolute Gasteiger partial charge is 0.397 e. The topological polar surface area (TPSA) is 58.4 Å². The van der Waals surface area contributed by atoms with Crippen LogP contribution in [0.15, 0.2) is 18.2 Å². The van der Waals surface area contributed by atoms with Gasteiger partial charge in [-0.25, -0.2) is 0 Å². The van der Waals surface area contributed by atoms with E-state index < -0.39 is 0 Å². The van der Waals surface area contributed by atoms with E-state index in [4.69, 9.17) is 17.3 Å². The molecule has 1 atom stereocenters. The fraction of sp³-hybridized carbons (Fsp3) is 0.533. The lowest BCUT2D eigenvalue weighted by Crippen LogP contribution is -2.29. The van der Waals surface area contributed by atoms with Crippen LogP contribution in [0.1, 0.15) is 33.1 Å². The van der Waals surface area contributed by atoms with E-state index in [1.54, 1.807) is 18.2 Å². The monoisotopic (exact) mass is 297 g/mol. The van der Waals surface area contributed by atoms with Gasteiger partial charge in [0, 0.05) is 17.5 Å². The summed E-state index contributed by atoms with van der Waals surface area (Å²) in [6, 6.07) is 5.61. The molecule has 0 radical (unpaired) electrons. The lowest BCUT2D eigenvalue weighted by Gasteiger charge is -2.23. The van der Waals surface area contributed by atoms with Gasteiger partial charge in [-0.3, -0.25) is 4.79 Å². The number of carbonyl (C=O) groups is 1. The summed E-state index contributed by atoms with van der Waals surface area (Å²) in [7, 11) is 2.09. The molecule has 0 heterocycles. The molecule has 0 saturated carbocycles. The van der Waals surface area contributed by atoms with Gasteiger partial charge >= 0.3 is 0 Å². The van der Waals surface area contributed by atoms with Crippen molar-refractivity contribution in [3.05, 3.63) is 23.2 Å². The number of anilines is 2. The molecule has 5 heteroatoms. The maximum Gasteiger partial charge on any atom is 0.224 e. The highest BCUT2D eigenvalue weighted by molar-refractivity contribution is 6.31. The zero-order valence-corrected chi connectivity index (χ0v) is 13.2. The van der Waals surface area contributed by atoms with Crippen molar-refractivity contribution in [3.63, 3.8) is 0 Å². The van der Waals surface area contributed by atoms with Crippen molar-refractivity contribution in [2.45, 2.75) is 39.2 Å². The summed E-state index contributed by atoms with van der Waals surface area (Å²) in [5, 5.41) is 3.38.